The van der Waals surface area contributed by atoms with Crippen LogP contribution in [0.3, 0.4) is 0 Å². The minimum absolute atomic E-state index is 0.461. The zero-order chi connectivity index (χ0) is 24.7. The zero-order valence-corrected chi connectivity index (χ0v) is 20.9. The molecule has 0 bridgehead atoms. The van der Waals surface area contributed by atoms with Gasteiger partial charge in [0.1, 0.15) is 24.0 Å². The van der Waals surface area contributed by atoms with Gasteiger partial charge in [-0.3, -0.25) is 0 Å². The van der Waals surface area contributed by atoms with Gasteiger partial charge in [0, 0.05) is 44.1 Å². The normalized spacial score (nSPS) is 13.6. The molecule has 1 saturated heterocycles. The third kappa shape index (κ3) is 5.52. The maximum atomic E-state index is 6.18. The Morgan fingerprint density at radius 3 is 2.31 bits per heavy atom. The van der Waals surface area contributed by atoms with Crippen LogP contribution in [0.15, 0.2) is 66.7 Å². The Balaban J connectivity index is 1.47. The molecule has 0 amide bonds. The molecule has 1 aromatic heterocycles. The first kappa shape index (κ1) is 23.9. The van der Waals surface area contributed by atoms with Gasteiger partial charge in [0.2, 0.25) is 0 Å². The van der Waals surface area contributed by atoms with E-state index < -0.39 is 0 Å². The van der Waals surface area contributed by atoms with Gasteiger partial charge < -0.3 is 24.4 Å². The van der Waals surface area contributed by atoms with Gasteiger partial charge in [-0.05, 0) is 35.7 Å². The number of piperazine rings is 1. The fraction of sp³-hybridized carbons (Fsp3) is 0.310. The van der Waals surface area contributed by atoms with Crippen LogP contribution in [0.2, 0.25) is 0 Å². The van der Waals surface area contributed by atoms with Crippen LogP contribution in [0.1, 0.15) is 17.0 Å². The minimum Gasteiger partial charge on any atom is -0.497 e. The Bertz CT molecular complexity index is 1290. The predicted molar refractivity (Wildman–Crippen MR) is 142 cm³/mol. The van der Waals surface area contributed by atoms with Crippen molar-refractivity contribution >= 4 is 16.7 Å². The highest BCUT2D eigenvalue weighted by Crippen LogP contribution is 2.36. The summed E-state index contributed by atoms with van der Waals surface area (Å²) in [5.41, 5.74) is 3.20. The molecule has 1 aliphatic heterocycles. The minimum atomic E-state index is 0.461. The molecular formula is C29H32N4O3. The summed E-state index contributed by atoms with van der Waals surface area (Å²) in [5.74, 6) is 4.01. The van der Waals surface area contributed by atoms with E-state index in [0.29, 0.717) is 18.1 Å². The first-order chi connectivity index (χ1) is 17.7. The van der Waals surface area contributed by atoms with Gasteiger partial charge in [-0.25, -0.2) is 9.97 Å². The Morgan fingerprint density at radius 1 is 0.806 bits per heavy atom. The van der Waals surface area contributed by atoms with Crippen LogP contribution in [0.4, 0.5) is 5.82 Å². The predicted octanol–water partition coefficient (Wildman–Crippen LogP) is 4.42. The number of nitrogens with zero attached hydrogens (tertiary/aromatic N) is 3. The molecular weight excluding hydrogens is 452 g/mol. The van der Waals surface area contributed by atoms with Crippen LogP contribution in [-0.4, -0.2) is 50.4 Å². The summed E-state index contributed by atoms with van der Waals surface area (Å²) < 4.78 is 17.2. The van der Waals surface area contributed by atoms with Crippen molar-refractivity contribution in [3.05, 3.63) is 83.7 Å². The maximum Gasteiger partial charge on any atom is 0.163 e. The van der Waals surface area contributed by atoms with E-state index in [1.807, 2.05) is 42.5 Å². The van der Waals surface area contributed by atoms with Crippen molar-refractivity contribution < 1.29 is 14.2 Å². The van der Waals surface area contributed by atoms with E-state index in [4.69, 9.17) is 24.2 Å². The van der Waals surface area contributed by atoms with E-state index in [1.165, 1.54) is 5.56 Å². The van der Waals surface area contributed by atoms with Crippen molar-refractivity contribution in [3.8, 4) is 17.2 Å². The number of ether oxygens (including phenoxy) is 3. The van der Waals surface area contributed by atoms with Gasteiger partial charge in [-0.1, -0.05) is 42.5 Å². The smallest absolute Gasteiger partial charge is 0.163 e. The maximum absolute atomic E-state index is 6.18. The second-order valence-electron chi connectivity index (χ2n) is 8.84. The lowest BCUT2D eigenvalue weighted by Crippen LogP contribution is -2.44. The molecule has 0 spiro atoms. The van der Waals surface area contributed by atoms with Crippen molar-refractivity contribution in [1.82, 2.24) is 15.3 Å². The number of nitrogens with one attached hydrogen (secondary N) is 1. The van der Waals surface area contributed by atoms with Crippen molar-refractivity contribution in [2.75, 3.05) is 45.3 Å². The fourth-order valence-electron chi connectivity index (χ4n) is 4.45. The summed E-state index contributed by atoms with van der Waals surface area (Å²) in [7, 11) is 3.35. The second-order valence-corrected chi connectivity index (χ2v) is 8.84. The van der Waals surface area contributed by atoms with Gasteiger partial charge >= 0.3 is 0 Å². The average Bonchev–Trinajstić information content (AvgIpc) is 2.95. The highest BCUT2D eigenvalue weighted by Gasteiger charge is 2.19. The van der Waals surface area contributed by atoms with Crippen LogP contribution in [0, 0.1) is 0 Å². The number of methoxy groups -OCH3 is 2. The molecule has 0 unspecified atom stereocenters. The van der Waals surface area contributed by atoms with E-state index >= 15 is 0 Å². The molecule has 0 radical (unpaired) electrons. The Kier molecular flexibility index (Phi) is 7.47. The Labute approximate surface area is 212 Å². The second kappa shape index (κ2) is 11.3. The number of anilines is 1. The van der Waals surface area contributed by atoms with E-state index in [1.54, 1.807) is 14.2 Å². The number of rotatable bonds is 9. The number of benzene rings is 3. The molecule has 0 aliphatic carbocycles. The van der Waals surface area contributed by atoms with E-state index in [-0.39, 0.29) is 0 Å². The third-order valence-corrected chi connectivity index (χ3v) is 6.46. The van der Waals surface area contributed by atoms with Crippen molar-refractivity contribution in [1.29, 1.82) is 0 Å². The van der Waals surface area contributed by atoms with Gasteiger partial charge in [-0.15, -0.1) is 0 Å². The van der Waals surface area contributed by atoms with Crippen molar-refractivity contribution in [2.24, 2.45) is 0 Å². The molecule has 36 heavy (non-hydrogen) atoms. The van der Waals surface area contributed by atoms with Gasteiger partial charge in [0.15, 0.2) is 11.5 Å². The summed E-state index contributed by atoms with van der Waals surface area (Å²) >= 11 is 0. The topological polar surface area (TPSA) is 68.7 Å². The average molecular weight is 485 g/mol. The summed E-state index contributed by atoms with van der Waals surface area (Å²) in [6, 6.07) is 22.3. The number of fused-ring (bicyclic) bond motifs is 1. The van der Waals surface area contributed by atoms with E-state index in [0.717, 1.165) is 72.9 Å². The molecule has 1 N–H and O–H groups in total. The van der Waals surface area contributed by atoms with E-state index in [2.05, 4.69) is 34.5 Å². The molecule has 0 atom stereocenters. The Hall–Kier alpha value is -3.84. The molecule has 1 fully saturated rings. The van der Waals surface area contributed by atoms with Gasteiger partial charge in [0.05, 0.1) is 19.7 Å². The molecule has 7 heteroatoms. The highest BCUT2D eigenvalue weighted by atomic mass is 16.5. The van der Waals surface area contributed by atoms with Crippen molar-refractivity contribution in [3.63, 3.8) is 0 Å². The van der Waals surface area contributed by atoms with Crippen LogP contribution >= 0.6 is 0 Å². The SMILES string of the molecule is COc1ccc(CCc2nc(N3CCNCC3)c3cc(OC)c(OCc4ccccc4)cc3n2)cc1. The Morgan fingerprint density at radius 2 is 1.58 bits per heavy atom. The quantitative estimate of drug-likeness (QED) is 0.377. The van der Waals surface area contributed by atoms with Crippen LogP contribution < -0.4 is 24.4 Å². The van der Waals surface area contributed by atoms with Crippen LogP contribution in [-0.2, 0) is 19.4 Å². The molecule has 7 nitrogen and oxygen atoms in total. The molecule has 0 saturated carbocycles. The molecule has 2 heterocycles. The monoisotopic (exact) mass is 484 g/mol. The molecule has 4 aromatic rings. The molecule has 1 aliphatic rings. The van der Waals surface area contributed by atoms with Crippen LogP contribution in [0.5, 0.6) is 17.2 Å². The third-order valence-electron chi connectivity index (χ3n) is 6.46. The molecule has 186 valence electrons. The number of aryl methyl sites for hydroxylation is 2. The molecule has 5 rings (SSSR count). The number of hydrogen-bond acceptors (Lipinski definition) is 7. The molecule has 3 aromatic carbocycles. The summed E-state index contributed by atoms with van der Waals surface area (Å²) in [6.07, 6.45) is 1.59. The lowest BCUT2D eigenvalue weighted by atomic mass is 10.1. The highest BCUT2D eigenvalue weighted by molar-refractivity contribution is 5.92. The fourth-order valence-corrected chi connectivity index (χ4v) is 4.45. The largest absolute Gasteiger partial charge is 0.497 e. The van der Waals surface area contributed by atoms with Gasteiger partial charge in [0.25, 0.3) is 0 Å². The standard InChI is InChI=1S/C29H32N4O3/c1-34-23-11-8-21(9-12-23)10-13-28-31-25-19-27(36-20-22-6-4-3-5-7-22)26(35-2)18-24(25)29(32-28)33-16-14-30-15-17-33/h3-9,11-12,18-19,30H,10,13-17,20H2,1-2H3. The first-order valence-corrected chi connectivity index (χ1v) is 12.4. The lowest BCUT2D eigenvalue weighted by Gasteiger charge is -2.29. The zero-order valence-electron chi connectivity index (χ0n) is 20.9. The lowest BCUT2D eigenvalue weighted by molar-refractivity contribution is 0.285. The summed E-state index contributed by atoms with van der Waals surface area (Å²) in [5, 5.41) is 4.41. The summed E-state index contributed by atoms with van der Waals surface area (Å²) in [6.45, 7) is 4.13. The van der Waals surface area contributed by atoms with Gasteiger partial charge in [-0.2, -0.15) is 0 Å². The van der Waals surface area contributed by atoms with E-state index in [9.17, 15) is 0 Å². The van der Waals surface area contributed by atoms with Crippen molar-refractivity contribution in [2.45, 2.75) is 19.4 Å². The van der Waals surface area contributed by atoms with Crippen LogP contribution in [0.25, 0.3) is 10.9 Å². The first-order valence-electron chi connectivity index (χ1n) is 12.4. The summed E-state index contributed by atoms with van der Waals surface area (Å²) in [4.78, 5) is 12.3. The number of aromatic nitrogens is 2. The number of hydrogen-bond donors (Lipinski definition) is 1.